The number of piperidine rings is 1. The smallest absolute Gasteiger partial charge is 0.200 e. The molecule has 116 valence electrons. The van der Waals surface area contributed by atoms with E-state index in [9.17, 15) is 0 Å². The number of aromatic nitrogens is 1. The predicted octanol–water partition coefficient (Wildman–Crippen LogP) is 2.20. The molecule has 2 N–H and O–H groups in total. The van der Waals surface area contributed by atoms with Gasteiger partial charge in [-0.25, -0.2) is 4.98 Å². The standard InChI is InChI=1S/C16H25N3O2/c1-20-16(21-2)14-13(11-5-8-17-9-6-11)10-12-4-3-7-18-15(12)19-14/h10-11,16-17H,3-9H2,1-2H3,(H,18,19). The number of anilines is 1. The van der Waals surface area contributed by atoms with E-state index in [2.05, 4.69) is 16.7 Å². The second-order valence-electron chi connectivity index (χ2n) is 5.83. The quantitative estimate of drug-likeness (QED) is 0.833. The van der Waals surface area contributed by atoms with Gasteiger partial charge in [0.15, 0.2) is 0 Å². The number of rotatable bonds is 4. The van der Waals surface area contributed by atoms with E-state index in [1.165, 1.54) is 17.5 Å². The Kier molecular flexibility index (Phi) is 4.73. The number of nitrogens with one attached hydrogen (secondary N) is 2. The third-order valence-electron chi connectivity index (χ3n) is 4.51. The Morgan fingerprint density at radius 2 is 1.95 bits per heavy atom. The van der Waals surface area contributed by atoms with Gasteiger partial charge in [0.25, 0.3) is 0 Å². The Morgan fingerprint density at radius 3 is 2.67 bits per heavy atom. The van der Waals surface area contributed by atoms with Gasteiger partial charge >= 0.3 is 0 Å². The summed E-state index contributed by atoms with van der Waals surface area (Å²) in [5.41, 5.74) is 3.59. The largest absolute Gasteiger partial charge is 0.370 e. The highest BCUT2D eigenvalue weighted by molar-refractivity contribution is 5.50. The molecule has 0 radical (unpaired) electrons. The highest BCUT2D eigenvalue weighted by Crippen LogP contribution is 2.35. The molecule has 3 rings (SSSR count). The van der Waals surface area contributed by atoms with Gasteiger partial charge in [-0.3, -0.25) is 0 Å². The molecule has 0 aromatic carbocycles. The molecule has 0 unspecified atom stereocenters. The first-order valence-corrected chi connectivity index (χ1v) is 7.87. The zero-order valence-electron chi connectivity index (χ0n) is 12.9. The van der Waals surface area contributed by atoms with Crippen LogP contribution >= 0.6 is 0 Å². The summed E-state index contributed by atoms with van der Waals surface area (Å²) in [6.45, 7) is 3.14. The van der Waals surface area contributed by atoms with Crippen LogP contribution in [0.2, 0.25) is 0 Å². The van der Waals surface area contributed by atoms with Crippen molar-refractivity contribution in [1.29, 1.82) is 0 Å². The third kappa shape index (κ3) is 3.05. The minimum Gasteiger partial charge on any atom is -0.370 e. The summed E-state index contributed by atoms with van der Waals surface area (Å²) < 4.78 is 11.0. The Labute approximate surface area is 126 Å². The molecule has 0 aliphatic carbocycles. The number of nitrogens with zero attached hydrogens (tertiary/aromatic N) is 1. The fourth-order valence-electron chi connectivity index (χ4n) is 3.38. The number of hydrogen-bond donors (Lipinski definition) is 2. The van der Waals surface area contributed by atoms with E-state index in [0.29, 0.717) is 5.92 Å². The van der Waals surface area contributed by atoms with E-state index in [-0.39, 0.29) is 6.29 Å². The summed E-state index contributed by atoms with van der Waals surface area (Å²) in [5.74, 6) is 1.56. The Morgan fingerprint density at radius 1 is 1.19 bits per heavy atom. The van der Waals surface area contributed by atoms with Crippen LogP contribution in [0.15, 0.2) is 6.07 Å². The molecule has 0 saturated carbocycles. The van der Waals surface area contributed by atoms with Crippen molar-refractivity contribution in [3.05, 3.63) is 22.9 Å². The molecule has 3 heterocycles. The third-order valence-corrected chi connectivity index (χ3v) is 4.51. The molecule has 2 aliphatic rings. The van der Waals surface area contributed by atoms with Crippen molar-refractivity contribution in [1.82, 2.24) is 10.3 Å². The maximum Gasteiger partial charge on any atom is 0.200 e. The highest BCUT2D eigenvalue weighted by Gasteiger charge is 2.26. The van der Waals surface area contributed by atoms with Gasteiger partial charge in [0.2, 0.25) is 6.29 Å². The van der Waals surface area contributed by atoms with E-state index in [1.807, 2.05) is 0 Å². The molecular formula is C16H25N3O2. The Hall–Kier alpha value is -1.17. The average molecular weight is 291 g/mol. The second-order valence-corrected chi connectivity index (χ2v) is 5.83. The minimum atomic E-state index is -0.385. The van der Waals surface area contributed by atoms with Crippen molar-refractivity contribution in [3.63, 3.8) is 0 Å². The van der Waals surface area contributed by atoms with Crippen LogP contribution in [0, 0.1) is 0 Å². The van der Waals surface area contributed by atoms with E-state index in [0.717, 1.165) is 50.4 Å². The lowest BCUT2D eigenvalue weighted by Crippen LogP contribution is -2.28. The van der Waals surface area contributed by atoms with Crippen LogP contribution in [0.4, 0.5) is 5.82 Å². The van der Waals surface area contributed by atoms with Crippen LogP contribution in [-0.4, -0.2) is 38.8 Å². The highest BCUT2D eigenvalue weighted by atomic mass is 16.7. The molecule has 2 aliphatic heterocycles. The molecule has 1 fully saturated rings. The van der Waals surface area contributed by atoms with Crippen LogP contribution in [0.3, 0.4) is 0 Å². The van der Waals surface area contributed by atoms with Crippen LogP contribution in [0.1, 0.15) is 48.3 Å². The molecule has 0 atom stereocenters. The molecule has 1 saturated heterocycles. The fraction of sp³-hybridized carbons (Fsp3) is 0.688. The van der Waals surface area contributed by atoms with Gasteiger partial charge in [0, 0.05) is 20.8 Å². The zero-order chi connectivity index (χ0) is 14.7. The van der Waals surface area contributed by atoms with Crippen LogP contribution in [0.25, 0.3) is 0 Å². The Balaban J connectivity index is 2.01. The molecule has 0 spiro atoms. The predicted molar refractivity (Wildman–Crippen MR) is 82.7 cm³/mol. The van der Waals surface area contributed by atoms with Gasteiger partial charge < -0.3 is 20.1 Å². The van der Waals surface area contributed by atoms with Gasteiger partial charge in [-0.15, -0.1) is 0 Å². The average Bonchev–Trinajstić information content (AvgIpc) is 2.56. The van der Waals surface area contributed by atoms with Crippen LogP contribution in [0.5, 0.6) is 0 Å². The number of pyridine rings is 1. The summed E-state index contributed by atoms with van der Waals surface area (Å²) in [7, 11) is 3.35. The number of aryl methyl sites for hydroxylation is 1. The molecule has 5 nitrogen and oxygen atoms in total. The minimum absolute atomic E-state index is 0.385. The summed E-state index contributed by atoms with van der Waals surface area (Å²) in [5, 5.41) is 6.83. The van der Waals surface area contributed by atoms with Crippen LogP contribution < -0.4 is 10.6 Å². The second kappa shape index (κ2) is 6.73. The molecule has 21 heavy (non-hydrogen) atoms. The SMILES string of the molecule is COC(OC)c1nc2c(cc1C1CCNCC1)CCCN2. The summed E-state index contributed by atoms with van der Waals surface area (Å²) in [6, 6.07) is 2.34. The van der Waals surface area contributed by atoms with Crippen molar-refractivity contribution in [2.75, 3.05) is 39.2 Å². The van der Waals surface area contributed by atoms with Crippen molar-refractivity contribution >= 4 is 5.82 Å². The van der Waals surface area contributed by atoms with Crippen LogP contribution in [-0.2, 0) is 15.9 Å². The molecular weight excluding hydrogens is 266 g/mol. The van der Waals surface area contributed by atoms with Gasteiger partial charge in [0.05, 0.1) is 0 Å². The summed E-state index contributed by atoms with van der Waals surface area (Å²) in [6.07, 6.45) is 4.21. The topological polar surface area (TPSA) is 55.4 Å². The molecule has 1 aromatic rings. The maximum atomic E-state index is 5.48. The van der Waals surface area contributed by atoms with Gasteiger partial charge in [-0.1, -0.05) is 0 Å². The van der Waals surface area contributed by atoms with E-state index >= 15 is 0 Å². The first-order chi connectivity index (χ1) is 10.3. The maximum absolute atomic E-state index is 5.48. The monoisotopic (exact) mass is 291 g/mol. The van der Waals surface area contributed by atoms with Crippen molar-refractivity contribution in [3.8, 4) is 0 Å². The van der Waals surface area contributed by atoms with E-state index in [1.54, 1.807) is 14.2 Å². The van der Waals surface area contributed by atoms with Crippen molar-refractivity contribution in [2.24, 2.45) is 0 Å². The van der Waals surface area contributed by atoms with E-state index in [4.69, 9.17) is 14.5 Å². The first-order valence-electron chi connectivity index (χ1n) is 7.87. The zero-order valence-corrected chi connectivity index (χ0v) is 12.9. The van der Waals surface area contributed by atoms with Crippen molar-refractivity contribution in [2.45, 2.75) is 37.9 Å². The lowest BCUT2D eigenvalue weighted by atomic mass is 9.87. The molecule has 0 bridgehead atoms. The van der Waals surface area contributed by atoms with E-state index < -0.39 is 0 Å². The number of methoxy groups -OCH3 is 2. The summed E-state index contributed by atoms with van der Waals surface area (Å²) in [4.78, 5) is 4.85. The first kappa shape index (κ1) is 14.8. The fourth-order valence-corrected chi connectivity index (χ4v) is 3.38. The number of hydrogen-bond acceptors (Lipinski definition) is 5. The van der Waals surface area contributed by atoms with Gasteiger partial charge in [-0.05, 0) is 61.9 Å². The van der Waals surface area contributed by atoms with Gasteiger partial charge in [-0.2, -0.15) is 0 Å². The number of fused-ring (bicyclic) bond motifs is 1. The number of ether oxygens (including phenoxy) is 2. The van der Waals surface area contributed by atoms with Crippen molar-refractivity contribution < 1.29 is 9.47 Å². The Bertz CT molecular complexity index is 483. The lowest BCUT2D eigenvalue weighted by Gasteiger charge is -2.29. The molecule has 5 heteroatoms. The molecule has 1 aromatic heterocycles. The summed E-state index contributed by atoms with van der Waals surface area (Å²) >= 11 is 0. The lowest BCUT2D eigenvalue weighted by molar-refractivity contribution is -0.109. The van der Waals surface area contributed by atoms with Gasteiger partial charge in [0.1, 0.15) is 11.5 Å². The molecule has 0 amide bonds. The normalized spacial score (nSPS) is 19.4.